The lowest BCUT2D eigenvalue weighted by molar-refractivity contribution is -0.141. The minimum atomic E-state index is -0.882. The number of amides is 1. The number of carbonyl (C=O) groups excluding carboxylic acids is 2. The van der Waals surface area contributed by atoms with E-state index in [1.807, 2.05) is 72.8 Å². The Hall–Kier alpha value is -3.80. The van der Waals surface area contributed by atoms with Gasteiger partial charge in [-0.05, 0) is 36.2 Å². The number of anilines is 1. The number of rotatable bonds is 7. The van der Waals surface area contributed by atoms with Gasteiger partial charge in [-0.2, -0.15) is 0 Å². The van der Waals surface area contributed by atoms with E-state index in [4.69, 9.17) is 14.2 Å². The van der Waals surface area contributed by atoms with Crippen LogP contribution in [0, 0.1) is 0 Å². The Labute approximate surface area is 182 Å². The van der Waals surface area contributed by atoms with E-state index in [9.17, 15) is 9.59 Å². The van der Waals surface area contributed by atoms with Gasteiger partial charge >= 0.3 is 12.1 Å². The Kier molecular flexibility index (Phi) is 7.27. The Morgan fingerprint density at radius 3 is 2.16 bits per heavy atom. The maximum Gasteiger partial charge on any atom is 0.415 e. The normalized spacial score (nSPS) is 11.3. The highest BCUT2D eigenvalue weighted by atomic mass is 16.6. The fourth-order valence-electron chi connectivity index (χ4n) is 3.23. The smallest absolute Gasteiger partial charge is 0.415 e. The van der Waals surface area contributed by atoms with Gasteiger partial charge in [-0.15, -0.1) is 0 Å². The molecule has 0 spiro atoms. The monoisotopic (exact) mass is 419 g/mol. The molecule has 0 saturated heterocycles. The zero-order valence-electron chi connectivity index (χ0n) is 17.8. The molecule has 0 bridgehead atoms. The number of para-hydroxylation sites is 1. The summed E-state index contributed by atoms with van der Waals surface area (Å²) in [6, 6.07) is 23.3. The van der Waals surface area contributed by atoms with Crippen LogP contribution in [-0.4, -0.2) is 32.3 Å². The lowest BCUT2D eigenvalue weighted by Crippen LogP contribution is -2.44. The van der Waals surface area contributed by atoms with Crippen molar-refractivity contribution < 1.29 is 23.8 Å². The highest BCUT2D eigenvalue weighted by Gasteiger charge is 2.31. The number of carbonyl (C=O) groups is 2. The summed E-state index contributed by atoms with van der Waals surface area (Å²) in [5, 5.41) is 0. The number of hydrogen-bond acceptors (Lipinski definition) is 5. The summed E-state index contributed by atoms with van der Waals surface area (Å²) in [4.78, 5) is 26.8. The molecule has 0 heterocycles. The summed E-state index contributed by atoms with van der Waals surface area (Å²) in [5.41, 5.74) is 3.04. The molecule has 6 heteroatoms. The van der Waals surface area contributed by atoms with Crippen molar-refractivity contribution in [2.75, 3.05) is 19.1 Å². The van der Waals surface area contributed by atoms with Crippen LogP contribution in [0.4, 0.5) is 10.5 Å². The largest absolute Gasteiger partial charge is 0.497 e. The molecule has 6 nitrogen and oxygen atoms in total. The summed E-state index contributed by atoms with van der Waals surface area (Å²) in [7, 11) is 2.90. The summed E-state index contributed by atoms with van der Waals surface area (Å²) < 4.78 is 15.7. The molecule has 0 N–H and O–H groups in total. The standard InChI is InChI=1S/C25H25NO5/c1-18(24(27)30-3)26(25(28)31-17-19-9-5-4-6-10-19)23-12-8-7-11-22(23)20-13-15-21(29-2)16-14-20/h4-16,18H,17H2,1-3H3/t18-/m0/s1. The number of nitrogens with zero attached hydrogens (tertiary/aromatic N) is 1. The predicted molar refractivity (Wildman–Crippen MR) is 119 cm³/mol. The first kappa shape index (κ1) is 21.9. The molecule has 0 aromatic heterocycles. The first-order chi connectivity index (χ1) is 15.0. The van der Waals surface area contributed by atoms with Gasteiger partial charge in [0, 0.05) is 5.56 Å². The first-order valence-electron chi connectivity index (χ1n) is 9.86. The van der Waals surface area contributed by atoms with Crippen LogP contribution < -0.4 is 9.64 Å². The Morgan fingerprint density at radius 2 is 1.52 bits per heavy atom. The van der Waals surface area contributed by atoms with Crippen molar-refractivity contribution >= 4 is 17.7 Å². The number of benzene rings is 3. The van der Waals surface area contributed by atoms with E-state index in [0.29, 0.717) is 5.69 Å². The van der Waals surface area contributed by atoms with E-state index in [1.165, 1.54) is 12.0 Å². The van der Waals surface area contributed by atoms with E-state index in [2.05, 4.69) is 0 Å². The number of methoxy groups -OCH3 is 2. The minimum Gasteiger partial charge on any atom is -0.497 e. The van der Waals surface area contributed by atoms with Gasteiger partial charge in [0.1, 0.15) is 18.4 Å². The van der Waals surface area contributed by atoms with E-state index < -0.39 is 18.1 Å². The third-order valence-electron chi connectivity index (χ3n) is 4.90. The topological polar surface area (TPSA) is 65.1 Å². The van der Waals surface area contributed by atoms with Crippen molar-refractivity contribution in [3.05, 3.63) is 84.4 Å². The fraction of sp³-hybridized carbons (Fsp3) is 0.200. The third kappa shape index (κ3) is 5.22. The Balaban J connectivity index is 1.97. The Bertz CT molecular complexity index is 1020. The molecule has 3 aromatic rings. The van der Waals surface area contributed by atoms with Gasteiger partial charge in [0.25, 0.3) is 0 Å². The van der Waals surface area contributed by atoms with Crippen molar-refractivity contribution in [2.45, 2.75) is 19.6 Å². The van der Waals surface area contributed by atoms with E-state index in [1.54, 1.807) is 20.1 Å². The molecule has 1 atom stereocenters. The lowest BCUT2D eigenvalue weighted by Gasteiger charge is -2.28. The predicted octanol–water partition coefficient (Wildman–Crippen LogP) is 5.07. The molecule has 0 saturated carbocycles. The minimum absolute atomic E-state index is 0.0920. The highest BCUT2D eigenvalue weighted by Crippen LogP contribution is 2.33. The summed E-state index contributed by atoms with van der Waals surface area (Å²) in [5.74, 6) is 0.185. The molecule has 0 aliphatic carbocycles. The Morgan fingerprint density at radius 1 is 0.871 bits per heavy atom. The van der Waals surface area contributed by atoms with Gasteiger partial charge in [-0.25, -0.2) is 9.59 Å². The first-order valence-corrected chi connectivity index (χ1v) is 9.86. The van der Waals surface area contributed by atoms with Crippen LogP contribution in [0.2, 0.25) is 0 Å². The van der Waals surface area contributed by atoms with Gasteiger partial charge in [0.2, 0.25) is 0 Å². The SMILES string of the molecule is COC(=O)[C@H](C)N(C(=O)OCc1ccccc1)c1ccccc1-c1ccc(OC)cc1. The average molecular weight is 419 g/mol. The fourth-order valence-corrected chi connectivity index (χ4v) is 3.23. The number of ether oxygens (including phenoxy) is 3. The zero-order chi connectivity index (χ0) is 22.2. The van der Waals surface area contributed by atoms with Crippen LogP contribution in [0.1, 0.15) is 12.5 Å². The van der Waals surface area contributed by atoms with Crippen molar-refractivity contribution in [1.82, 2.24) is 0 Å². The van der Waals surface area contributed by atoms with Crippen LogP contribution in [0.3, 0.4) is 0 Å². The molecule has 0 unspecified atom stereocenters. The summed E-state index contributed by atoms with van der Waals surface area (Å²) in [6.07, 6.45) is -0.636. The van der Waals surface area contributed by atoms with Crippen molar-refractivity contribution in [3.63, 3.8) is 0 Å². The molecule has 0 aliphatic rings. The molecule has 0 fully saturated rings. The van der Waals surface area contributed by atoms with Gasteiger partial charge in [-0.3, -0.25) is 4.90 Å². The highest BCUT2D eigenvalue weighted by molar-refractivity contribution is 5.99. The summed E-state index contributed by atoms with van der Waals surface area (Å²) in [6.45, 7) is 1.70. The van der Waals surface area contributed by atoms with Crippen molar-refractivity contribution in [3.8, 4) is 16.9 Å². The molecule has 0 aliphatic heterocycles. The van der Waals surface area contributed by atoms with E-state index >= 15 is 0 Å². The van der Waals surface area contributed by atoms with Gasteiger partial charge in [0.05, 0.1) is 19.9 Å². The maximum absolute atomic E-state index is 13.1. The molecular formula is C25H25NO5. The molecule has 160 valence electrons. The zero-order valence-corrected chi connectivity index (χ0v) is 17.8. The molecule has 3 aromatic carbocycles. The molecular weight excluding hydrogens is 394 g/mol. The van der Waals surface area contributed by atoms with Gasteiger partial charge in [-0.1, -0.05) is 60.7 Å². The van der Waals surface area contributed by atoms with Crippen molar-refractivity contribution in [1.29, 1.82) is 0 Å². The average Bonchev–Trinajstić information content (AvgIpc) is 2.83. The second-order valence-electron chi connectivity index (χ2n) is 6.85. The third-order valence-corrected chi connectivity index (χ3v) is 4.90. The van der Waals surface area contributed by atoms with Crippen LogP contribution in [0.5, 0.6) is 5.75 Å². The van der Waals surface area contributed by atoms with E-state index in [0.717, 1.165) is 22.4 Å². The van der Waals surface area contributed by atoms with E-state index in [-0.39, 0.29) is 6.61 Å². The molecule has 31 heavy (non-hydrogen) atoms. The maximum atomic E-state index is 13.1. The number of esters is 1. The van der Waals surface area contributed by atoms with Crippen molar-refractivity contribution in [2.24, 2.45) is 0 Å². The van der Waals surface area contributed by atoms with Gasteiger partial charge < -0.3 is 14.2 Å². The lowest BCUT2D eigenvalue weighted by atomic mass is 10.0. The van der Waals surface area contributed by atoms with Crippen LogP contribution in [0.15, 0.2) is 78.9 Å². The second-order valence-corrected chi connectivity index (χ2v) is 6.85. The van der Waals surface area contributed by atoms with Gasteiger partial charge in [0.15, 0.2) is 0 Å². The van der Waals surface area contributed by atoms with Crippen LogP contribution in [-0.2, 0) is 20.9 Å². The quantitative estimate of drug-likeness (QED) is 0.501. The number of hydrogen-bond donors (Lipinski definition) is 0. The molecule has 1 amide bonds. The van der Waals surface area contributed by atoms with Crippen LogP contribution >= 0.6 is 0 Å². The summed E-state index contributed by atoms with van der Waals surface area (Å²) >= 11 is 0. The van der Waals surface area contributed by atoms with Crippen LogP contribution in [0.25, 0.3) is 11.1 Å². The molecule has 3 rings (SSSR count). The second kappa shape index (κ2) is 10.3. The molecule has 0 radical (unpaired) electrons.